The molecule has 1 aromatic heterocycles. The Labute approximate surface area is 141 Å². The molecule has 1 amide bonds. The van der Waals surface area contributed by atoms with Gasteiger partial charge >= 0.3 is 0 Å². The van der Waals surface area contributed by atoms with Gasteiger partial charge in [0.25, 0.3) is 5.91 Å². The van der Waals surface area contributed by atoms with E-state index >= 15 is 0 Å². The van der Waals surface area contributed by atoms with E-state index in [4.69, 9.17) is 0 Å². The fourth-order valence-corrected chi connectivity index (χ4v) is 2.30. The van der Waals surface area contributed by atoms with Crippen molar-refractivity contribution in [1.82, 2.24) is 4.98 Å². The predicted molar refractivity (Wildman–Crippen MR) is 97.8 cm³/mol. The van der Waals surface area contributed by atoms with E-state index in [1.54, 1.807) is 12.3 Å². The van der Waals surface area contributed by atoms with E-state index in [1.165, 1.54) is 5.56 Å². The zero-order valence-corrected chi connectivity index (χ0v) is 13.7. The number of amides is 1. The van der Waals surface area contributed by atoms with Gasteiger partial charge < -0.3 is 10.6 Å². The summed E-state index contributed by atoms with van der Waals surface area (Å²) in [5.74, 6) is 0.367. The molecule has 0 unspecified atom stereocenters. The zero-order valence-electron chi connectivity index (χ0n) is 13.7. The van der Waals surface area contributed by atoms with E-state index in [2.05, 4.69) is 15.6 Å². The zero-order chi connectivity index (χ0) is 16.9. The first kappa shape index (κ1) is 15.7. The van der Waals surface area contributed by atoms with Gasteiger partial charge in [0.15, 0.2) is 0 Å². The van der Waals surface area contributed by atoms with Crippen molar-refractivity contribution in [3.05, 3.63) is 83.6 Å². The third-order valence-corrected chi connectivity index (χ3v) is 3.84. The fraction of sp³-hybridized carbons (Fsp3) is 0.100. The summed E-state index contributed by atoms with van der Waals surface area (Å²) in [6.07, 6.45) is 1.70. The summed E-state index contributed by atoms with van der Waals surface area (Å²) in [5.41, 5.74) is 4.75. The first-order valence-corrected chi connectivity index (χ1v) is 7.78. The van der Waals surface area contributed by atoms with Crippen LogP contribution in [0.25, 0.3) is 0 Å². The number of hydrogen-bond acceptors (Lipinski definition) is 3. The number of nitrogens with zero attached hydrogens (tertiary/aromatic N) is 1. The topological polar surface area (TPSA) is 54.0 Å². The molecule has 0 aliphatic heterocycles. The highest BCUT2D eigenvalue weighted by molar-refractivity contribution is 6.03. The van der Waals surface area contributed by atoms with Crippen LogP contribution < -0.4 is 10.6 Å². The molecule has 0 aliphatic rings. The highest BCUT2D eigenvalue weighted by atomic mass is 16.1. The molecule has 3 aromatic rings. The number of para-hydroxylation sites is 1. The summed E-state index contributed by atoms with van der Waals surface area (Å²) >= 11 is 0. The van der Waals surface area contributed by atoms with Crippen LogP contribution in [-0.2, 0) is 0 Å². The van der Waals surface area contributed by atoms with Crippen LogP contribution in [0.1, 0.15) is 21.5 Å². The van der Waals surface area contributed by atoms with Crippen molar-refractivity contribution in [3.63, 3.8) is 0 Å². The fourth-order valence-electron chi connectivity index (χ4n) is 2.30. The predicted octanol–water partition coefficient (Wildman–Crippen LogP) is 4.69. The highest BCUT2D eigenvalue weighted by Gasteiger charge is 2.08. The average molecular weight is 317 g/mol. The second-order valence-corrected chi connectivity index (χ2v) is 5.68. The van der Waals surface area contributed by atoms with Crippen molar-refractivity contribution in [2.24, 2.45) is 0 Å². The van der Waals surface area contributed by atoms with Crippen molar-refractivity contribution in [1.29, 1.82) is 0 Å². The number of anilines is 3. The van der Waals surface area contributed by atoms with Crippen LogP contribution >= 0.6 is 0 Å². The van der Waals surface area contributed by atoms with Crippen LogP contribution in [0.5, 0.6) is 0 Å². The van der Waals surface area contributed by atoms with E-state index in [0.717, 1.165) is 16.9 Å². The van der Waals surface area contributed by atoms with Crippen LogP contribution in [0.15, 0.2) is 66.9 Å². The summed E-state index contributed by atoms with van der Waals surface area (Å²) in [5, 5.41) is 6.07. The largest absolute Gasteiger partial charge is 0.354 e. The lowest BCUT2D eigenvalue weighted by Gasteiger charge is -2.09. The standard InChI is InChI=1S/C20H19N3O/c1-14-8-9-16(12-15(14)2)20(24)23-19-11-10-18(13-21-19)22-17-6-4-3-5-7-17/h3-13,22H,1-2H3,(H,21,23,24). The molecule has 0 aliphatic carbocycles. The molecule has 4 nitrogen and oxygen atoms in total. The molecule has 24 heavy (non-hydrogen) atoms. The lowest BCUT2D eigenvalue weighted by Crippen LogP contribution is -2.13. The molecule has 0 radical (unpaired) electrons. The van der Waals surface area contributed by atoms with Crippen LogP contribution in [0.2, 0.25) is 0 Å². The van der Waals surface area contributed by atoms with Gasteiger partial charge in [-0.2, -0.15) is 0 Å². The highest BCUT2D eigenvalue weighted by Crippen LogP contribution is 2.17. The molecular weight excluding hydrogens is 298 g/mol. The maximum absolute atomic E-state index is 12.3. The van der Waals surface area contributed by atoms with Crippen molar-refractivity contribution in [2.75, 3.05) is 10.6 Å². The van der Waals surface area contributed by atoms with Gasteiger partial charge in [-0.3, -0.25) is 4.79 Å². The number of pyridine rings is 1. The molecule has 4 heteroatoms. The van der Waals surface area contributed by atoms with Crippen molar-refractivity contribution in [2.45, 2.75) is 13.8 Å². The van der Waals surface area contributed by atoms with Crippen molar-refractivity contribution >= 4 is 23.1 Å². The number of rotatable bonds is 4. The van der Waals surface area contributed by atoms with Gasteiger partial charge in [-0.05, 0) is 61.4 Å². The van der Waals surface area contributed by atoms with Crippen LogP contribution in [0.4, 0.5) is 17.2 Å². The molecule has 0 bridgehead atoms. The Kier molecular flexibility index (Phi) is 4.57. The SMILES string of the molecule is Cc1ccc(C(=O)Nc2ccc(Nc3ccccc3)cn2)cc1C. The number of benzene rings is 2. The van der Waals surface area contributed by atoms with E-state index < -0.39 is 0 Å². The van der Waals surface area contributed by atoms with Gasteiger partial charge in [0.1, 0.15) is 5.82 Å². The van der Waals surface area contributed by atoms with Gasteiger partial charge in [-0.15, -0.1) is 0 Å². The molecule has 3 rings (SSSR count). The lowest BCUT2D eigenvalue weighted by atomic mass is 10.1. The first-order chi connectivity index (χ1) is 11.6. The number of aromatic nitrogens is 1. The Morgan fingerprint density at radius 3 is 2.33 bits per heavy atom. The van der Waals surface area contributed by atoms with Crippen molar-refractivity contribution in [3.8, 4) is 0 Å². The number of hydrogen-bond donors (Lipinski definition) is 2. The summed E-state index contributed by atoms with van der Waals surface area (Å²) in [4.78, 5) is 16.6. The van der Waals surface area contributed by atoms with Gasteiger partial charge in [-0.1, -0.05) is 24.3 Å². The summed E-state index contributed by atoms with van der Waals surface area (Å²) in [6.45, 7) is 4.02. The minimum Gasteiger partial charge on any atom is -0.354 e. The van der Waals surface area contributed by atoms with E-state index in [-0.39, 0.29) is 5.91 Å². The number of carbonyl (C=O) groups is 1. The van der Waals surface area contributed by atoms with Gasteiger partial charge in [-0.25, -0.2) is 4.98 Å². The average Bonchev–Trinajstić information content (AvgIpc) is 2.60. The molecule has 0 saturated carbocycles. The van der Waals surface area contributed by atoms with Gasteiger partial charge in [0.05, 0.1) is 11.9 Å². The summed E-state index contributed by atoms with van der Waals surface area (Å²) < 4.78 is 0. The van der Waals surface area contributed by atoms with Crippen LogP contribution in [0.3, 0.4) is 0 Å². The number of carbonyl (C=O) groups excluding carboxylic acids is 1. The monoisotopic (exact) mass is 317 g/mol. The van der Waals surface area contributed by atoms with Crippen LogP contribution in [-0.4, -0.2) is 10.9 Å². The van der Waals surface area contributed by atoms with E-state index in [9.17, 15) is 4.79 Å². The maximum atomic E-state index is 12.3. The smallest absolute Gasteiger partial charge is 0.256 e. The number of nitrogens with one attached hydrogen (secondary N) is 2. The molecule has 2 aromatic carbocycles. The molecule has 120 valence electrons. The third-order valence-electron chi connectivity index (χ3n) is 3.84. The lowest BCUT2D eigenvalue weighted by molar-refractivity contribution is 0.102. The third kappa shape index (κ3) is 3.79. The minimum absolute atomic E-state index is 0.158. The molecule has 0 atom stereocenters. The first-order valence-electron chi connectivity index (χ1n) is 7.78. The van der Waals surface area contributed by atoms with Gasteiger partial charge in [0.2, 0.25) is 0 Å². The normalized spacial score (nSPS) is 10.2. The Balaban J connectivity index is 1.67. The van der Waals surface area contributed by atoms with E-state index in [0.29, 0.717) is 11.4 Å². The molecule has 1 heterocycles. The molecule has 0 spiro atoms. The Bertz CT molecular complexity index is 843. The van der Waals surface area contributed by atoms with Gasteiger partial charge in [0, 0.05) is 11.3 Å². The minimum atomic E-state index is -0.158. The molecule has 2 N–H and O–H groups in total. The van der Waals surface area contributed by atoms with E-state index in [1.807, 2.05) is 68.4 Å². The molecule has 0 saturated heterocycles. The summed E-state index contributed by atoms with van der Waals surface area (Å²) in [7, 11) is 0. The Morgan fingerprint density at radius 2 is 1.67 bits per heavy atom. The van der Waals surface area contributed by atoms with Crippen molar-refractivity contribution < 1.29 is 4.79 Å². The molecule has 0 fully saturated rings. The second kappa shape index (κ2) is 6.96. The quantitative estimate of drug-likeness (QED) is 0.733. The maximum Gasteiger partial charge on any atom is 0.256 e. The Morgan fingerprint density at radius 1 is 0.875 bits per heavy atom. The molecular formula is C20H19N3O. The number of aryl methyl sites for hydroxylation is 2. The Hall–Kier alpha value is -3.14. The second-order valence-electron chi connectivity index (χ2n) is 5.68. The van der Waals surface area contributed by atoms with Crippen LogP contribution in [0, 0.1) is 13.8 Å². The summed E-state index contributed by atoms with van der Waals surface area (Å²) in [6, 6.07) is 19.2.